The van der Waals surface area contributed by atoms with E-state index in [-0.39, 0.29) is 12.0 Å². The maximum absolute atomic E-state index is 12.7. The minimum atomic E-state index is -0.414. The van der Waals surface area contributed by atoms with Gasteiger partial charge in [0, 0.05) is 24.5 Å². The third-order valence-corrected chi connectivity index (χ3v) is 4.17. The highest BCUT2D eigenvalue weighted by Gasteiger charge is 2.25. The maximum Gasteiger partial charge on any atom is 0.337 e. The lowest BCUT2D eigenvalue weighted by molar-refractivity contribution is 0.0536. The summed E-state index contributed by atoms with van der Waals surface area (Å²) >= 11 is 0. The zero-order chi connectivity index (χ0) is 17.6. The number of benzene rings is 1. The Morgan fingerprint density at radius 1 is 1.08 bits per heavy atom. The van der Waals surface area contributed by atoms with E-state index in [1.54, 1.807) is 41.6 Å². The standard InChI is InChI=1S/C19H20N2O4/c1-24-19(23)15-6-4-14(5-7-15)18(22)21-12-2-3-17(13-21)25-16-8-10-20-11-9-16/h4-11,17H,2-3,12-13H2,1H3. The monoisotopic (exact) mass is 340 g/mol. The Morgan fingerprint density at radius 3 is 2.44 bits per heavy atom. The number of likely N-dealkylation sites (tertiary alicyclic amines) is 1. The molecule has 0 spiro atoms. The fourth-order valence-corrected chi connectivity index (χ4v) is 2.88. The van der Waals surface area contributed by atoms with Gasteiger partial charge in [-0.25, -0.2) is 4.79 Å². The van der Waals surface area contributed by atoms with Gasteiger partial charge in [0.15, 0.2) is 0 Å². The summed E-state index contributed by atoms with van der Waals surface area (Å²) in [5.41, 5.74) is 0.980. The molecule has 0 radical (unpaired) electrons. The molecular weight excluding hydrogens is 320 g/mol. The SMILES string of the molecule is COC(=O)c1ccc(C(=O)N2CCCC(Oc3ccncc3)C2)cc1. The number of aromatic nitrogens is 1. The van der Waals surface area contributed by atoms with Crippen molar-refractivity contribution in [3.05, 3.63) is 59.9 Å². The molecule has 3 rings (SSSR count). The van der Waals surface area contributed by atoms with E-state index in [0.29, 0.717) is 24.2 Å². The van der Waals surface area contributed by atoms with Gasteiger partial charge in [0.25, 0.3) is 5.91 Å². The Balaban J connectivity index is 1.64. The molecule has 1 aliphatic heterocycles. The van der Waals surface area contributed by atoms with Crippen molar-refractivity contribution >= 4 is 11.9 Å². The summed E-state index contributed by atoms with van der Waals surface area (Å²) < 4.78 is 10.6. The normalized spacial score (nSPS) is 17.0. The Morgan fingerprint density at radius 2 is 1.76 bits per heavy atom. The van der Waals surface area contributed by atoms with E-state index in [0.717, 1.165) is 18.6 Å². The molecule has 1 amide bonds. The van der Waals surface area contributed by atoms with Crippen LogP contribution < -0.4 is 4.74 Å². The number of carbonyl (C=O) groups is 2. The van der Waals surface area contributed by atoms with Gasteiger partial charge < -0.3 is 14.4 Å². The lowest BCUT2D eigenvalue weighted by atomic mass is 10.1. The summed E-state index contributed by atoms with van der Waals surface area (Å²) in [4.78, 5) is 29.9. The molecule has 2 aromatic rings. The number of hydrogen-bond acceptors (Lipinski definition) is 5. The summed E-state index contributed by atoms with van der Waals surface area (Å²) in [7, 11) is 1.33. The van der Waals surface area contributed by atoms with Crippen molar-refractivity contribution in [2.45, 2.75) is 18.9 Å². The molecule has 1 fully saturated rings. The van der Waals surface area contributed by atoms with Crippen LogP contribution >= 0.6 is 0 Å². The molecule has 1 unspecified atom stereocenters. The number of carbonyl (C=O) groups excluding carboxylic acids is 2. The van der Waals surface area contributed by atoms with Gasteiger partial charge in [-0.2, -0.15) is 0 Å². The van der Waals surface area contributed by atoms with E-state index in [9.17, 15) is 9.59 Å². The summed E-state index contributed by atoms with van der Waals surface area (Å²) in [5, 5.41) is 0. The smallest absolute Gasteiger partial charge is 0.337 e. The average molecular weight is 340 g/mol. The van der Waals surface area contributed by atoms with Crippen LogP contribution in [0.3, 0.4) is 0 Å². The minimum absolute atomic E-state index is 0.0329. The molecule has 0 aliphatic carbocycles. The van der Waals surface area contributed by atoms with Gasteiger partial charge in [-0.1, -0.05) is 0 Å². The molecule has 0 saturated carbocycles. The van der Waals surface area contributed by atoms with Crippen LogP contribution in [0.1, 0.15) is 33.6 Å². The largest absolute Gasteiger partial charge is 0.488 e. The molecule has 0 N–H and O–H groups in total. The molecule has 1 atom stereocenters. The Bertz CT molecular complexity index is 731. The van der Waals surface area contributed by atoms with Crippen molar-refractivity contribution in [2.24, 2.45) is 0 Å². The number of esters is 1. The molecule has 1 aromatic carbocycles. The van der Waals surface area contributed by atoms with E-state index in [2.05, 4.69) is 9.72 Å². The summed E-state index contributed by atoms with van der Waals surface area (Å²) in [5.74, 6) is 0.291. The Kier molecular flexibility index (Phi) is 5.28. The molecule has 1 aromatic heterocycles. The highest BCUT2D eigenvalue weighted by atomic mass is 16.5. The van der Waals surface area contributed by atoms with Crippen LogP contribution in [-0.4, -0.2) is 48.1 Å². The topological polar surface area (TPSA) is 68.7 Å². The molecule has 130 valence electrons. The van der Waals surface area contributed by atoms with Gasteiger partial charge in [0.2, 0.25) is 0 Å². The third kappa shape index (κ3) is 4.15. The fourth-order valence-electron chi connectivity index (χ4n) is 2.88. The van der Waals surface area contributed by atoms with Crippen LogP contribution in [0.4, 0.5) is 0 Å². The van der Waals surface area contributed by atoms with Crippen molar-refractivity contribution < 1.29 is 19.1 Å². The highest BCUT2D eigenvalue weighted by Crippen LogP contribution is 2.19. The van der Waals surface area contributed by atoms with E-state index in [1.807, 2.05) is 12.1 Å². The van der Waals surface area contributed by atoms with Gasteiger partial charge in [0.1, 0.15) is 11.9 Å². The Hall–Kier alpha value is -2.89. The first-order valence-electron chi connectivity index (χ1n) is 8.21. The molecule has 0 bridgehead atoms. The second-order valence-corrected chi connectivity index (χ2v) is 5.89. The molecule has 6 heteroatoms. The number of nitrogens with zero attached hydrogens (tertiary/aromatic N) is 2. The van der Waals surface area contributed by atoms with E-state index >= 15 is 0 Å². The first kappa shape index (κ1) is 17.0. The van der Waals surface area contributed by atoms with E-state index in [1.165, 1.54) is 7.11 Å². The molecule has 1 saturated heterocycles. The third-order valence-electron chi connectivity index (χ3n) is 4.17. The van der Waals surface area contributed by atoms with Gasteiger partial charge in [-0.05, 0) is 49.2 Å². The lowest BCUT2D eigenvalue weighted by Crippen LogP contribution is -2.44. The maximum atomic E-state index is 12.7. The summed E-state index contributed by atoms with van der Waals surface area (Å²) in [6.45, 7) is 1.24. The Labute approximate surface area is 146 Å². The molecule has 2 heterocycles. The fraction of sp³-hybridized carbons (Fsp3) is 0.316. The lowest BCUT2D eigenvalue weighted by Gasteiger charge is -2.33. The minimum Gasteiger partial charge on any atom is -0.488 e. The second-order valence-electron chi connectivity index (χ2n) is 5.89. The predicted octanol–water partition coefficient (Wildman–Crippen LogP) is 2.55. The number of pyridine rings is 1. The van der Waals surface area contributed by atoms with Gasteiger partial charge in [0.05, 0.1) is 19.2 Å². The van der Waals surface area contributed by atoms with E-state index < -0.39 is 5.97 Å². The van der Waals surface area contributed by atoms with Crippen LogP contribution in [0.25, 0.3) is 0 Å². The van der Waals surface area contributed by atoms with Gasteiger partial charge >= 0.3 is 5.97 Å². The number of piperidine rings is 1. The van der Waals surface area contributed by atoms with Crippen molar-refractivity contribution in [1.29, 1.82) is 0 Å². The van der Waals surface area contributed by atoms with Crippen LogP contribution in [0, 0.1) is 0 Å². The zero-order valence-corrected chi connectivity index (χ0v) is 14.1. The molecule has 1 aliphatic rings. The number of methoxy groups -OCH3 is 1. The first-order chi connectivity index (χ1) is 12.2. The predicted molar refractivity (Wildman–Crippen MR) is 91.6 cm³/mol. The van der Waals surface area contributed by atoms with Gasteiger partial charge in [-0.3, -0.25) is 9.78 Å². The number of amides is 1. The molecule has 6 nitrogen and oxygen atoms in total. The van der Waals surface area contributed by atoms with Crippen molar-refractivity contribution in [2.75, 3.05) is 20.2 Å². The van der Waals surface area contributed by atoms with Crippen molar-refractivity contribution in [1.82, 2.24) is 9.88 Å². The highest BCUT2D eigenvalue weighted by molar-refractivity contribution is 5.96. The number of rotatable bonds is 4. The quantitative estimate of drug-likeness (QED) is 0.800. The van der Waals surface area contributed by atoms with Crippen LogP contribution in [0.15, 0.2) is 48.8 Å². The summed E-state index contributed by atoms with van der Waals surface area (Å²) in [6.07, 6.45) is 5.14. The van der Waals surface area contributed by atoms with E-state index in [4.69, 9.17) is 4.74 Å². The number of hydrogen-bond donors (Lipinski definition) is 0. The second kappa shape index (κ2) is 7.79. The van der Waals surface area contributed by atoms with Crippen molar-refractivity contribution in [3.63, 3.8) is 0 Å². The first-order valence-corrected chi connectivity index (χ1v) is 8.21. The molecular formula is C19H20N2O4. The van der Waals surface area contributed by atoms with Crippen LogP contribution in [0.5, 0.6) is 5.75 Å². The van der Waals surface area contributed by atoms with Gasteiger partial charge in [-0.15, -0.1) is 0 Å². The van der Waals surface area contributed by atoms with Crippen LogP contribution in [0.2, 0.25) is 0 Å². The number of ether oxygens (including phenoxy) is 2. The van der Waals surface area contributed by atoms with Crippen LogP contribution in [-0.2, 0) is 4.74 Å². The average Bonchev–Trinajstić information content (AvgIpc) is 2.68. The summed E-state index contributed by atoms with van der Waals surface area (Å²) in [6, 6.07) is 10.1. The molecule has 25 heavy (non-hydrogen) atoms. The zero-order valence-electron chi connectivity index (χ0n) is 14.1. The van der Waals surface area contributed by atoms with Crippen molar-refractivity contribution in [3.8, 4) is 5.75 Å².